The molecule has 0 aliphatic heterocycles. The van der Waals surface area contributed by atoms with Crippen molar-refractivity contribution in [1.82, 2.24) is 4.98 Å². The van der Waals surface area contributed by atoms with Crippen molar-refractivity contribution in [3.63, 3.8) is 0 Å². The van der Waals surface area contributed by atoms with E-state index in [4.69, 9.17) is 0 Å². The van der Waals surface area contributed by atoms with Crippen molar-refractivity contribution >= 4 is 16.5 Å². The topological polar surface area (TPSA) is 24.9 Å². The highest BCUT2D eigenvalue weighted by atomic mass is 32.1. The molecule has 1 aliphatic rings. The van der Waals surface area contributed by atoms with Crippen molar-refractivity contribution in [2.75, 3.05) is 11.9 Å². The summed E-state index contributed by atoms with van der Waals surface area (Å²) in [7, 11) is 0. The highest BCUT2D eigenvalue weighted by Crippen LogP contribution is 2.40. The summed E-state index contributed by atoms with van der Waals surface area (Å²) in [5.74, 6) is -3.00. The van der Waals surface area contributed by atoms with Gasteiger partial charge in [-0.05, 0) is 12.8 Å². The van der Waals surface area contributed by atoms with E-state index in [1.165, 1.54) is 11.3 Å². The molecular weight excluding hydrogens is 206 g/mol. The van der Waals surface area contributed by atoms with Gasteiger partial charge in [0.2, 0.25) is 0 Å². The minimum atomic E-state index is -2.48. The first-order valence-corrected chi connectivity index (χ1v) is 5.57. The van der Waals surface area contributed by atoms with Gasteiger partial charge in [-0.25, -0.2) is 13.8 Å². The lowest BCUT2D eigenvalue weighted by Crippen LogP contribution is -2.28. The van der Waals surface area contributed by atoms with Gasteiger partial charge in [-0.1, -0.05) is 0 Å². The first-order chi connectivity index (χ1) is 6.68. The van der Waals surface area contributed by atoms with Crippen molar-refractivity contribution in [2.45, 2.75) is 25.2 Å². The van der Waals surface area contributed by atoms with Crippen molar-refractivity contribution in [3.05, 3.63) is 11.6 Å². The molecule has 1 heterocycles. The van der Waals surface area contributed by atoms with Gasteiger partial charge in [0.15, 0.2) is 5.13 Å². The Bertz CT molecular complexity index is 287. The second-order valence-electron chi connectivity index (χ2n) is 3.57. The third-order valence-electron chi connectivity index (χ3n) is 2.59. The maximum atomic E-state index is 13.2. The summed E-state index contributed by atoms with van der Waals surface area (Å²) in [5.41, 5.74) is 0. The van der Waals surface area contributed by atoms with Gasteiger partial charge in [-0.3, -0.25) is 0 Å². The van der Waals surface area contributed by atoms with Crippen molar-refractivity contribution in [2.24, 2.45) is 5.92 Å². The number of hydrogen-bond acceptors (Lipinski definition) is 3. The third kappa shape index (κ3) is 2.03. The summed E-state index contributed by atoms with van der Waals surface area (Å²) in [4.78, 5) is 3.99. The van der Waals surface area contributed by atoms with E-state index in [9.17, 15) is 8.78 Å². The summed E-state index contributed by atoms with van der Waals surface area (Å²) in [6.07, 6.45) is 2.96. The van der Waals surface area contributed by atoms with Crippen LogP contribution in [0.15, 0.2) is 11.6 Å². The molecule has 1 atom stereocenters. The molecule has 0 aromatic carbocycles. The second kappa shape index (κ2) is 3.81. The molecule has 0 bridgehead atoms. The van der Waals surface area contributed by atoms with Crippen LogP contribution in [0.2, 0.25) is 0 Å². The van der Waals surface area contributed by atoms with Crippen molar-refractivity contribution in [1.29, 1.82) is 0 Å². The quantitative estimate of drug-likeness (QED) is 0.843. The Hall–Kier alpha value is -0.710. The van der Waals surface area contributed by atoms with Crippen LogP contribution in [0.25, 0.3) is 0 Å². The molecule has 0 saturated heterocycles. The molecule has 1 aliphatic carbocycles. The zero-order valence-corrected chi connectivity index (χ0v) is 8.49. The molecule has 0 radical (unpaired) electrons. The molecule has 5 heteroatoms. The van der Waals surface area contributed by atoms with Gasteiger partial charge >= 0.3 is 0 Å². The van der Waals surface area contributed by atoms with Crippen LogP contribution in [0.1, 0.15) is 19.3 Å². The Balaban J connectivity index is 1.86. The molecule has 2 nitrogen and oxygen atoms in total. The highest BCUT2D eigenvalue weighted by Gasteiger charge is 2.43. The minimum absolute atomic E-state index is 0.0389. The lowest BCUT2D eigenvalue weighted by Gasteiger charge is -2.18. The zero-order chi connectivity index (χ0) is 10.0. The van der Waals surface area contributed by atoms with Gasteiger partial charge in [0.25, 0.3) is 5.92 Å². The van der Waals surface area contributed by atoms with Crippen LogP contribution < -0.4 is 5.32 Å². The molecule has 1 aromatic heterocycles. The Kier molecular flexibility index (Phi) is 2.67. The van der Waals surface area contributed by atoms with E-state index in [1.54, 1.807) is 6.20 Å². The SMILES string of the molecule is FC1(F)CCCC1CNc1nccs1. The Morgan fingerprint density at radius 1 is 1.64 bits per heavy atom. The van der Waals surface area contributed by atoms with Gasteiger partial charge in [-0.2, -0.15) is 0 Å². The van der Waals surface area contributed by atoms with E-state index in [-0.39, 0.29) is 6.42 Å². The maximum Gasteiger partial charge on any atom is 0.252 e. The summed E-state index contributed by atoms with van der Waals surface area (Å²) >= 11 is 1.44. The molecule has 1 aromatic rings. The molecule has 2 rings (SSSR count). The van der Waals surface area contributed by atoms with Gasteiger partial charge in [0.05, 0.1) is 0 Å². The Morgan fingerprint density at radius 2 is 2.50 bits per heavy atom. The summed E-state index contributed by atoms with van der Waals surface area (Å²) in [6, 6.07) is 0. The van der Waals surface area contributed by atoms with E-state index in [1.807, 2.05) is 5.38 Å². The second-order valence-corrected chi connectivity index (χ2v) is 4.46. The van der Waals surface area contributed by atoms with E-state index in [0.29, 0.717) is 19.4 Å². The Morgan fingerprint density at radius 3 is 3.07 bits per heavy atom. The van der Waals surface area contributed by atoms with Crippen LogP contribution >= 0.6 is 11.3 Å². The number of thiazole rings is 1. The third-order valence-corrected chi connectivity index (χ3v) is 3.32. The van der Waals surface area contributed by atoms with E-state index in [2.05, 4.69) is 10.3 Å². The number of alkyl halides is 2. The average Bonchev–Trinajstić information content (AvgIpc) is 2.71. The van der Waals surface area contributed by atoms with Gasteiger partial charge in [0.1, 0.15) is 0 Å². The molecule has 14 heavy (non-hydrogen) atoms. The first kappa shape index (κ1) is 9.83. The lowest BCUT2D eigenvalue weighted by molar-refractivity contribution is -0.0318. The van der Waals surface area contributed by atoms with E-state index in [0.717, 1.165) is 5.13 Å². The first-order valence-electron chi connectivity index (χ1n) is 4.70. The normalized spacial score (nSPS) is 25.1. The number of aromatic nitrogens is 1. The molecule has 0 amide bonds. The maximum absolute atomic E-state index is 13.2. The predicted octanol–water partition coefficient (Wildman–Crippen LogP) is 2.99. The molecule has 1 fully saturated rings. The van der Waals surface area contributed by atoms with Crippen molar-refractivity contribution < 1.29 is 8.78 Å². The number of halogens is 2. The standard InChI is InChI=1S/C9H12F2N2S/c10-9(11)3-1-2-7(9)6-13-8-12-4-5-14-8/h4-5,7H,1-3,6H2,(H,12,13). The molecule has 78 valence electrons. The average molecular weight is 218 g/mol. The fourth-order valence-electron chi connectivity index (χ4n) is 1.77. The number of anilines is 1. The highest BCUT2D eigenvalue weighted by molar-refractivity contribution is 7.13. The molecule has 1 saturated carbocycles. The van der Waals surface area contributed by atoms with Gasteiger partial charge in [-0.15, -0.1) is 11.3 Å². The minimum Gasteiger partial charge on any atom is -0.361 e. The zero-order valence-electron chi connectivity index (χ0n) is 7.67. The smallest absolute Gasteiger partial charge is 0.252 e. The van der Waals surface area contributed by atoms with Crippen LogP contribution in [0.4, 0.5) is 13.9 Å². The van der Waals surface area contributed by atoms with Crippen LogP contribution in [0.5, 0.6) is 0 Å². The summed E-state index contributed by atoms with van der Waals surface area (Å²) < 4.78 is 26.4. The monoisotopic (exact) mass is 218 g/mol. The largest absolute Gasteiger partial charge is 0.361 e. The number of rotatable bonds is 3. The van der Waals surface area contributed by atoms with Gasteiger partial charge in [0, 0.05) is 30.5 Å². The molecule has 1 unspecified atom stereocenters. The molecule has 0 spiro atoms. The Labute approximate surface area is 85.4 Å². The molecule has 1 N–H and O–H groups in total. The summed E-state index contributed by atoms with van der Waals surface area (Å²) in [5, 5.41) is 5.51. The lowest BCUT2D eigenvalue weighted by atomic mass is 10.1. The van der Waals surface area contributed by atoms with Crippen LogP contribution in [0, 0.1) is 5.92 Å². The van der Waals surface area contributed by atoms with Crippen LogP contribution in [-0.4, -0.2) is 17.5 Å². The van der Waals surface area contributed by atoms with Crippen LogP contribution in [-0.2, 0) is 0 Å². The number of hydrogen-bond donors (Lipinski definition) is 1. The number of nitrogens with one attached hydrogen (secondary N) is 1. The van der Waals surface area contributed by atoms with E-state index >= 15 is 0 Å². The van der Waals surface area contributed by atoms with Gasteiger partial charge < -0.3 is 5.32 Å². The van der Waals surface area contributed by atoms with E-state index < -0.39 is 11.8 Å². The predicted molar refractivity (Wildman–Crippen MR) is 52.9 cm³/mol. The molecular formula is C9H12F2N2S. The summed E-state index contributed by atoms with van der Waals surface area (Å²) in [6.45, 7) is 0.334. The van der Waals surface area contributed by atoms with Crippen molar-refractivity contribution in [3.8, 4) is 0 Å². The fourth-order valence-corrected chi connectivity index (χ4v) is 2.31. The van der Waals surface area contributed by atoms with Crippen LogP contribution in [0.3, 0.4) is 0 Å². The fraction of sp³-hybridized carbons (Fsp3) is 0.667. The number of nitrogens with zero attached hydrogens (tertiary/aromatic N) is 1.